The second-order valence-corrected chi connectivity index (χ2v) is 7.37. The lowest BCUT2D eigenvalue weighted by Gasteiger charge is -2.30. The number of ether oxygens (including phenoxy) is 1. The van der Waals surface area contributed by atoms with E-state index in [1.807, 2.05) is 20.8 Å². The van der Waals surface area contributed by atoms with E-state index >= 15 is 0 Å². The number of phenols is 2. The number of carbonyl (C=O) groups is 2. The van der Waals surface area contributed by atoms with Crippen LogP contribution in [-0.2, 0) is 4.74 Å². The molecule has 2 amide bonds. The molecule has 1 aromatic carbocycles. The third-order valence-electron chi connectivity index (χ3n) is 4.01. The number of amides is 2. The van der Waals surface area contributed by atoms with E-state index in [0.29, 0.717) is 0 Å². The van der Waals surface area contributed by atoms with Gasteiger partial charge in [-0.25, -0.2) is 4.79 Å². The van der Waals surface area contributed by atoms with E-state index in [-0.39, 0.29) is 35.1 Å². The second kappa shape index (κ2) is 7.63. The number of hydrogen-bond acceptors (Lipinski definition) is 5. The number of benzene rings is 1. The van der Waals surface area contributed by atoms with Crippen molar-refractivity contribution in [3.05, 3.63) is 23.8 Å². The predicted octanol–water partition coefficient (Wildman–Crippen LogP) is 2.66. The minimum Gasteiger partial charge on any atom is -0.508 e. The average Bonchev–Trinajstić information content (AvgIpc) is 2.47. The quantitative estimate of drug-likeness (QED) is 0.670. The summed E-state index contributed by atoms with van der Waals surface area (Å²) in [6.45, 7) is 5.45. The van der Waals surface area contributed by atoms with Crippen molar-refractivity contribution in [2.45, 2.75) is 64.1 Å². The molecule has 7 heteroatoms. The van der Waals surface area contributed by atoms with Crippen LogP contribution in [-0.4, -0.2) is 39.9 Å². The van der Waals surface area contributed by atoms with E-state index < -0.39 is 11.7 Å². The third kappa shape index (κ3) is 5.85. The number of carbonyl (C=O) groups excluding carboxylic acids is 2. The first-order valence-electron chi connectivity index (χ1n) is 8.46. The predicted molar refractivity (Wildman–Crippen MR) is 92.7 cm³/mol. The summed E-state index contributed by atoms with van der Waals surface area (Å²) in [6, 6.07) is 3.89. The van der Waals surface area contributed by atoms with Gasteiger partial charge in [-0.3, -0.25) is 4.79 Å². The van der Waals surface area contributed by atoms with Crippen molar-refractivity contribution < 1.29 is 24.5 Å². The van der Waals surface area contributed by atoms with E-state index in [2.05, 4.69) is 10.6 Å². The van der Waals surface area contributed by atoms with Crippen molar-refractivity contribution in [1.29, 1.82) is 0 Å². The number of hydrogen-bond donors (Lipinski definition) is 4. The normalized spacial score (nSPS) is 20.6. The van der Waals surface area contributed by atoms with Gasteiger partial charge in [-0.05, 0) is 58.6 Å². The number of alkyl carbamates (subject to hydrolysis) is 1. The monoisotopic (exact) mass is 350 g/mol. The van der Waals surface area contributed by atoms with Crippen molar-refractivity contribution in [2.24, 2.45) is 0 Å². The Labute approximate surface area is 147 Å². The number of aromatic hydroxyl groups is 2. The molecule has 7 nitrogen and oxygen atoms in total. The zero-order chi connectivity index (χ0) is 18.6. The minimum atomic E-state index is -0.526. The zero-order valence-electron chi connectivity index (χ0n) is 14.8. The molecule has 0 unspecified atom stereocenters. The Balaban J connectivity index is 1.80. The maximum atomic E-state index is 12.2. The lowest BCUT2D eigenvalue weighted by atomic mass is 9.91. The van der Waals surface area contributed by atoms with Crippen LogP contribution in [0, 0.1) is 0 Å². The van der Waals surface area contributed by atoms with Crippen molar-refractivity contribution in [3.8, 4) is 11.5 Å². The Morgan fingerprint density at radius 3 is 2.12 bits per heavy atom. The van der Waals surface area contributed by atoms with Gasteiger partial charge in [0, 0.05) is 18.2 Å². The fraction of sp³-hybridized carbons (Fsp3) is 0.556. The highest BCUT2D eigenvalue weighted by Gasteiger charge is 2.26. The van der Waals surface area contributed by atoms with Gasteiger partial charge in [0.15, 0.2) is 0 Å². The third-order valence-corrected chi connectivity index (χ3v) is 4.01. The molecule has 0 heterocycles. The largest absolute Gasteiger partial charge is 0.508 e. The van der Waals surface area contributed by atoms with Crippen LogP contribution >= 0.6 is 0 Å². The minimum absolute atomic E-state index is 0.0163. The second-order valence-electron chi connectivity index (χ2n) is 7.37. The van der Waals surface area contributed by atoms with Crippen LogP contribution in [0.25, 0.3) is 0 Å². The summed E-state index contributed by atoms with van der Waals surface area (Å²) in [5.41, 5.74) is -0.395. The molecule has 25 heavy (non-hydrogen) atoms. The first-order chi connectivity index (χ1) is 11.6. The molecule has 0 spiro atoms. The molecule has 2 rings (SSSR count). The smallest absolute Gasteiger partial charge is 0.407 e. The van der Waals surface area contributed by atoms with Crippen LogP contribution in [0.1, 0.15) is 56.8 Å². The Morgan fingerprint density at radius 2 is 1.60 bits per heavy atom. The summed E-state index contributed by atoms with van der Waals surface area (Å²) < 4.78 is 5.24. The van der Waals surface area contributed by atoms with E-state index in [1.165, 1.54) is 12.1 Å². The van der Waals surface area contributed by atoms with Gasteiger partial charge in [-0.2, -0.15) is 0 Å². The highest BCUT2D eigenvalue weighted by Crippen LogP contribution is 2.24. The molecule has 0 bridgehead atoms. The SMILES string of the molecule is CC(C)(C)OC(=O)NC1CCC(NC(=O)c2ccc(O)cc2O)CC1. The summed E-state index contributed by atoms with van der Waals surface area (Å²) in [7, 11) is 0. The van der Waals surface area contributed by atoms with Gasteiger partial charge < -0.3 is 25.6 Å². The summed E-state index contributed by atoms with van der Waals surface area (Å²) in [6.07, 6.45) is 2.52. The van der Waals surface area contributed by atoms with E-state index in [4.69, 9.17) is 4.74 Å². The van der Waals surface area contributed by atoms with Crippen molar-refractivity contribution >= 4 is 12.0 Å². The lowest BCUT2D eigenvalue weighted by molar-refractivity contribution is 0.0488. The average molecular weight is 350 g/mol. The Morgan fingerprint density at radius 1 is 1.04 bits per heavy atom. The first kappa shape index (κ1) is 18.9. The zero-order valence-corrected chi connectivity index (χ0v) is 14.8. The molecule has 0 aliphatic heterocycles. The van der Waals surface area contributed by atoms with Gasteiger partial charge >= 0.3 is 6.09 Å². The highest BCUT2D eigenvalue weighted by molar-refractivity contribution is 5.97. The summed E-state index contributed by atoms with van der Waals surface area (Å²) in [4.78, 5) is 24.0. The van der Waals surface area contributed by atoms with Crippen molar-refractivity contribution in [3.63, 3.8) is 0 Å². The molecule has 0 radical (unpaired) electrons. The van der Waals surface area contributed by atoms with Crippen LogP contribution in [0.2, 0.25) is 0 Å². The van der Waals surface area contributed by atoms with E-state index in [0.717, 1.165) is 31.7 Å². The molecule has 0 atom stereocenters. The summed E-state index contributed by atoms with van der Waals surface area (Å²) in [5, 5.41) is 24.8. The van der Waals surface area contributed by atoms with Crippen LogP contribution in [0.4, 0.5) is 4.79 Å². The van der Waals surface area contributed by atoms with Gasteiger partial charge in [0.1, 0.15) is 17.1 Å². The highest BCUT2D eigenvalue weighted by atomic mass is 16.6. The molecule has 0 saturated heterocycles. The summed E-state index contributed by atoms with van der Waals surface area (Å²) in [5.74, 6) is -0.721. The van der Waals surface area contributed by atoms with Gasteiger partial charge in [-0.1, -0.05) is 0 Å². The first-order valence-corrected chi connectivity index (χ1v) is 8.46. The van der Waals surface area contributed by atoms with Crippen molar-refractivity contribution in [1.82, 2.24) is 10.6 Å². The van der Waals surface area contributed by atoms with Gasteiger partial charge in [0.05, 0.1) is 5.56 Å². The number of phenolic OH excluding ortho intramolecular Hbond substituents is 2. The molecule has 1 aliphatic rings. The standard InChI is InChI=1S/C18H26N2O5/c1-18(2,3)25-17(24)20-12-6-4-11(5-7-12)19-16(23)14-9-8-13(21)10-15(14)22/h8-12,21-22H,4-7H2,1-3H3,(H,19,23)(H,20,24). The molecule has 1 fully saturated rings. The van der Waals surface area contributed by atoms with E-state index in [9.17, 15) is 19.8 Å². The lowest BCUT2D eigenvalue weighted by Crippen LogP contribution is -2.45. The molecule has 0 aromatic heterocycles. The van der Waals surface area contributed by atoms with Crippen LogP contribution < -0.4 is 10.6 Å². The molecule has 1 saturated carbocycles. The maximum Gasteiger partial charge on any atom is 0.407 e. The topological polar surface area (TPSA) is 108 Å². The molecular formula is C18H26N2O5. The van der Waals surface area contributed by atoms with Crippen molar-refractivity contribution in [2.75, 3.05) is 0 Å². The fourth-order valence-electron chi connectivity index (χ4n) is 2.83. The maximum absolute atomic E-state index is 12.2. The molecule has 1 aliphatic carbocycles. The van der Waals surface area contributed by atoms with Crippen LogP contribution in [0.15, 0.2) is 18.2 Å². The molecule has 4 N–H and O–H groups in total. The number of rotatable bonds is 3. The van der Waals surface area contributed by atoms with Gasteiger partial charge in [0.25, 0.3) is 5.91 Å². The van der Waals surface area contributed by atoms with Crippen LogP contribution in [0.5, 0.6) is 11.5 Å². The van der Waals surface area contributed by atoms with Crippen LogP contribution in [0.3, 0.4) is 0 Å². The Bertz CT molecular complexity index is 631. The van der Waals surface area contributed by atoms with Gasteiger partial charge in [-0.15, -0.1) is 0 Å². The molecular weight excluding hydrogens is 324 g/mol. The Kier molecular flexibility index (Phi) is 5.77. The molecule has 138 valence electrons. The fourth-order valence-corrected chi connectivity index (χ4v) is 2.83. The van der Waals surface area contributed by atoms with E-state index in [1.54, 1.807) is 0 Å². The summed E-state index contributed by atoms with van der Waals surface area (Å²) >= 11 is 0. The number of nitrogens with one attached hydrogen (secondary N) is 2. The molecule has 1 aromatic rings. The van der Waals surface area contributed by atoms with Gasteiger partial charge in [0.2, 0.25) is 0 Å². The Hall–Kier alpha value is -2.44.